The monoisotopic (exact) mass is 274 g/mol. The van der Waals surface area contributed by atoms with Gasteiger partial charge in [0.2, 0.25) is 0 Å². The molecule has 0 bridgehead atoms. The quantitative estimate of drug-likeness (QED) is 0.911. The highest BCUT2D eigenvalue weighted by Crippen LogP contribution is 2.29. The Bertz CT molecular complexity index is 576. The SMILES string of the molecule is CC(C)(CC(=O)O)c1ccc(S(C)(=O)=O)c(F)c1. The maximum atomic E-state index is 13.7. The zero-order chi connectivity index (χ0) is 14.1. The van der Waals surface area contributed by atoms with Crippen LogP contribution in [0.5, 0.6) is 0 Å². The molecule has 18 heavy (non-hydrogen) atoms. The predicted octanol–water partition coefficient (Wildman–Crippen LogP) is 1.98. The zero-order valence-electron chi connectivity index (χ0n) is 10.4. The third kappa shape index (κ3) is 3.29. The molecule has 4 nitrogen and oxygen atoms in total. The van der Waals surface area contributed by atoms with Crippen molar-refractivity contribution < 1.29 is 22.7 Å². The minimum Gasteiger partial charge on any atom is -0.481 e. The average molecular weight is 274 g/mol. The fraction of sp³-hybridized carbons (Fsp3) is 0.417. The number of carbonyl (C=O) groups is 1. The number of sulfone groups is 1. The number of carboxylic acid groups (broad SMARTS) is 1. The molecule has 0 heterocycles. The fourth-order valence-electron chi connectivity index (χ4n) is 1.70. The molecule has 6 heteroatoms. The van der Waals surface area contributed by atoms with Crippen LogP contribution >= 0.6 is 0 Å². The van der Waals surface area contributed by atoms with Crippen LogP contribution in [0.2, 0.25) is 0 Å². The number of halogens is 1. The van der Waals surface area contributed by atoms with Gasteiger partial charge in [0.15, 0.2) is 9.84 Å². The van der Waals surface area contributed by atoms with Crippen LogP contribution in [0.3, 0.4) is 0 Å². The van der Waals surface area contributed by atoms with E-state index in [1.54, 1.807) is 13.8 Å². The lowest BCUT2D eigenvalue weighted by Gasteiger charge is -2.23. The van der Waals surface area contributed by atoms with Crippen LogP contribution in [0.25, 0.3) is 0 Å². The molecule has 0 aliphatic carbocycles. The molecule has 0 aliphatic heterocycles. The van der Waals surface area contributed by atoms with E-state index in [4.69, 9.17) is 5.11 Å². The molecule has 1 aromatic rings. The van der Waals surface area contributed by atoms with Crippen molar-refractivity contribution in [2.24, 2.45) is 0 Å². The van der Waals surface area contributed by atoms with Gasteiger partial charge in [-0.15, -0.1) is 0 Å². The summed E-state index contributed by atoms with van der Waals surface area (Å²) in [6.45, 7) is 3.33. The molecular weight excluding hydrogens is 259 g/mol. The Hall–Kier alpha value is -1.43. The number of benzene rings is 1. The fourth-order valence-corrected chi connectivity index (χ4v) is 2.43. The molecular formula is C12H15FO4S. The van der Waals surface area contributed by atoms with Crippen molar-refractivity contribution >= 4 is 15.8 Å². The van der Waals surface area contributed by atoms with Crippen LogP contribution in [0.15, 0.2) is 23.1 Å². The van der Waals surface area contributed by atoms with Crippen molar-refractivity contribution in [2.45, 2.75) is 30.6 Å². The topological polar surface area (TPSA) is 71.4 Å². The molecule has 0 saturated heterocycles. The molecule has 0 atom stereocenters. The van der Waals surface area contributed by atoms with E-state index in [-0.39, 0.29) is 11.3 Å². The summed E-state index contributed by atoms with van der Waals surface area (Å²) in [6, 6.07) is 3.70. The van der Waals surface area contributed by atoms with Crippen LogP contribution in [0.4, 0.5) is 4.39 Å². The van der Waals surface area contributed by atoms with E-state index >= 15 is 0 Å². The van der Waals surface area contributed by atoms with Gasteiger partial charge >= 0.3 is 5.97 Å². The zero-order valence-corrected chi connectivity index (χ0v) is 11.2. The number of rotatable bonds is 4. The van der Waals surface area contributed by atoms with Crippen molar-refractivity contribution in [1.82, 2.24) is 0 Å². The molecule has 0 aromatic heterocycles. The Kier molecular flexibility index (Phi) is 3.81. The summed E-state index contributed by atoms with van der Waals surface area (Å²) >= 11 is 0. The van der Waals surface area contributed by atoms with Crippen LogP contribution in [0, 0.1) is 5.82 Å². The summed E-state index contributed by atoms with van der Waals surface area (Å²) in [7, 11) is -3.61. The predicted molar refractivity (Wildman–Crippen MR) is 64.8 cm³/mol. The van der Waals surface area contributed by atoms with Crippen molar-refractivity contribution in [3.63, 3.8) is 0 Å². The third-order valence-electron chi connectivity index (χ3n) is 2.71. The van der Waals surface area contributed by atoms with Gasteiger partial charge in [0, 0.05) is 11.7 Å². The lowest BCUT2D eigenvalue weighted by atomic mass is 9.81. The second-order valence-corrected chi connectivity index (χ2v) is 6.86. The second kappa shape index (κ2) is 4.68. The van der Waals surface area contributed by atoms with Crippen LogP contribution in [0.1, 0.15) is 25.8 Å². The normalized spacial score (nSPS) is 12.4. The lowest BCUT2D eigenvalue weighted by Crippen LogP contribution is -2.22. The van der Waals surface area contributed by atoms with E-state index in [0.29, 0.717) is 5.56 Å². The van der Waals surface area contributed by atoms with E-state index in [1.165, 1.54) is 12.1 Å². The molecule has 0 saturated carbocycles. The second-order valence-electron chi connectivity index (χ2n) is 4.87. The van der Waals surface area contributed by atoms with Gasteiger partial charge in [0.1, 0.15) is 10.7 Å². The maximum Gasteiger partial charge on any atom is 0.304 e. The van der Waals surface area contributed by atoms with E-state index in [9.17, 15) is 17.6 Å². The Morgan fingerprint density at radius 3 is 2.33 bits per heavy atom. The van der Waals surface area contributed by atoms with Crippen molar-refractivity contribution in [1.29, 1.82) is 0 Å². The van der Waals surface area contributed by atoms with Gasteiger partial charge in [-0.05, 0) is 17.7 Å². The molecule has 1 aromatic carbocycles. The molecule has 0 radical (unpaired) electrons. The molecule has 100 valence electrons. The van der Waals surface area contributed by atoms with Crippen LogP contribution in [-0.4, -0.2) is 25.7 Å². The summed E-state index contributed by atoms with van der Waals surface area (Å²) in [4.78, 5) is 10.3. The summed E-state index contributed by atoms with van der Waals surface area (Å²) in [5, 5.41) is 8.77. The van der Waals surface area contributed by atoms with E-state index < -0.39 is 27.0 Å². The molecule has 0 unspecified atom stereocenters. The number of hydrogen-bond donors (Lipinski definition) is 1. The molecule has 0 amide bonds. The van der Waals surface area contributed by atoms with Gasteiger partial charge in [0.25, 0.3) is 0 Å². The van der Waals surface area contributed by atoms with Gasteiger partial charge in [-0.2, -0.15) is 0 Å². The minimum atomic E-state index is -3.61. The molecule has 0 fully saturated rings. The van der Waals surface area contributed by atoms with Gasteiger partial charge < -0.3 is 5.11 Å². The van der Waals surface area contributed by atoms with Gasteiger partial charge in [-0.3, -0.25) is 4.79 Å². The highest BCUT2D eigenvalue weighted by molar-refractivity contribution is 7.90. The minimum absolute atomic E-state index is 0.162. The smallest absolute Gasteiger partial charge is 0.304 e. The van der Waals surface area contributed by atoms with Crippen LogP contribution in [-0.2, 0) is 20.0 Å². The first-order chi connectivity index (χ1) is 8.04. The van der Waals surface area contributed by atoms with E-state index in [1.807, 2.05) is 0 Å². The lowest BCUT2D eigenvalue weighted by molar-refractivity contribution is -0.138. The first-order valence-corrected chi connectivity index (χ1v) is 7.15. The van der Waals surface area contributed by atoms with E-state index in [0.717, 1.165) is 12.3 Å². The molecule has 1 rings (SSSR count). The summed E-state index contributed by atoms with van der Waals surface area (Å²) in [6.07, 6.45) is 0.762. The molecule has 0 aliphatic rings. The first kappa shape index (κ1) is 14.6. The number of carboxylic acids is 1. The Morgan fingerprint density at radius 1 is 1.39 bits per heavy atom. The van der Waals surface area contributed by atoms with Gasteiger partial charge in [0.05, 0.1) is 6.42 Å². The van der Waals surface area contributed by atoms with Gasteiger partial charge in [-0.25, -0.2) is 12.8 Å². The maximum absolute atomic E-state index is 13.7. The van der Waals surface area contributed by atoms with Gasteiger partial charge in [-0.1, -0.05) is 19.9 Å². The van der Waals surface area contributed by atoms with Crippen molar-refractivity contribution in [3.8, 4) is 0 Å². The Morgan fingerprint density at radius 2 is 1.94 bits per heavy atom. The standard InChI is InChI=1S/C12H15FO4S/c1-12(2,7-11(14)15)8-4-5-10(9(13)6-8)18(3,16)17/h4-6H,7H2,1-3H3,(H,14,15). The van der Waals surface area contributed by atoms with Crippen molar-refractivity contribution in [3.05, 3.63) is 29.6 Å². The summed E-state index contributed by atoms with van der Waals surface area (Å²) < 4.78 is 36.2. The molecule has 0 spiro atoms. The highest BCUT2D eigenvalue weighted by Gasteiger charge is 2.26. The number of aliphatic carboxylic acids is 1. The first-order valence-electron chi connectivity index (χ1n) is 5.26. The van der Waals surface area contributed by atoms with Crippen LogP contribution < -0.4 is 0 Å². The largest absolute Gasteiger partial charge is 0.481 e. The Labute approximate surface area is 105 Å². The molecule has 1 N–H and O–H groups in total. The highest BCUT2D eigenvalue weighted by atomic mass is 32.2. The van der Waals surface area contributed by atoms with Crippen molar-refractivity contribution in [2.75, 3.05) is 6.26 Å². The summed E-state index contributed by atoms with van der Waals surface area (Å²) in [5.74, 6) is -1.85. The van der Waals surface area contributed by atoms with E-state index in [2.05, 4.69) is 0 Å². The average Bonchev–Trinajstić information content (AvgIpc) is 2.13. The Balaban J connectivity index is 3.24. The number of hydrogen-bond acceptors (Lipinski definition) is 3. The third-order valence-corrected chi connectivity index (χ3v) is 3.84. The summed E-state index contributed by atoms with van der Waals surface area (Å²) in [5.41, 5.74) is -0.308.